The Morgan fingerprint density at radius 3 is 2.21 bits per heavy atom. The molecule has 206 valence electrons. The normalized spacial score (nSPS) is 24.7. The number of carbonyl (C=O) groups is 3. The van der Waals surface area contributed by atoms with E-state index in [1.165, 1.54) is 24.3 Å². The molecule has 6 N–H and O–H groups in total. The van der Waals surface area contributed by atoms with Crippen LogP contribution in [0.3, 0.4) is 0 Å². The van der Waals surface area contributed by atoms with Crippen LogP contribution in [0.4, 0.5) is 0 Å². The Kier molecular flexibility index (Phi) is 10.1. The number of aliphatic carboxylic acids is 1. The maximum Gasteiger partial charge on any atom is 0.364 e. The highest BCUT2D eigenvalue weighted by atomic mass is 35.5. The van der Waals surface area contributed by atoms with E-state index in [-0.39, 0.29) is 12.2 Å². The molecule has 1 aliphatic rings. The molecule has 2 amide bonds. The molecule has 1 saturated heterocycles. The molecule has 2 aromatic carbocycles. The van der Waals surface area contributed by atoms with Crippen LogP contribution in [0.5, 0.6) is 0 Å². The Hall–Kier alpha value is -2.77. The van der Waals surface area contributed by atoms with E-state index in [2.05, 4.69) is 10.6 Å². The first-order chi connectivity index (χ1) is 17.9. The molecule has 0 spiro atoms. The molecule has 1 fully saturated rings. The van der Waals surface area contributed by atoms with E-state index >= 15 is 0 Å². The fourth-order valence-electron chi connectivity index (χ4n) is 3.97. The SMILES string of the molecule is CC(=O)N[C@H]1[C@H]([C@@H](O)[C@H](O)CNC(=O)c2ccc(Cl)cc2)O[C@@](OCc2ccc(Cl)cc2)(C(=O)O)C[C@@H]1O. The van der Waals surface area contributed by atoms with E-state index in [9.17, 15) is 34.8 Å². The summed E-state index contributed by atoms with van der Waals surface area (Å²) in [6, 6.07) is 11.0. The van der Waals surface area contributed by atoms with Gasteiger partial charge in [0.15, 0.2) is 0 Å². The Balaban J connectivity index is 1.78. The average Bonchev–Trinajstić information content (AvgIpc) is 2.87. The van der Waals surface area contributed by atoms with Gasteiger partial charge in [0, 0.05) is 35.5 Å². The first-order valence-corrected chi connectivity index (χ1v) is 12.3. The smallest absolute Gasteiger partial charge is 0.364 e. The van der Waals surface area contributed by atoms with E-state index in [1.54, 1.807) is 24.3 Å². The first-order valence-electron chi connectivity index (χ1n) is 11.6. The highest BCUT2D eigenvalue weighted by Crippen LogP contribution is 2.34. The quantitative estimate of drug-likeness (QED) is 0.244. The van der Waals surface area contributed by atoms with E-state index < -0.39 is 67.0 Å². The van der Waals surface area contributed by atoms with Gasteiger partial charge >= 0.3 is 5.97 Å². The van der Waals surface area contributed by atoms with Crippen molar-refractivity contribution in [1.29, 1.82) is 0 Å². The van der Waals surface area contributed by atoms with Gasteiger partial charge in [-0.2, -0.15) is 0 Å². The van der Waals surface area contributed by atoms with Gasteiger partial charge in [0.25, 0.3) is 11.7 Å². The number of amides is 2. The van der Waals surface area contributed by atoms with Crippen molar-refractivity contribution in [3.05, 3.63) is 69.7 Å². The lowest BCUT2D eigenvalue weighted by Crippen LogP contribution is -2.68. The van der Waals surface area contributed by atoms with Crippen molar-refractivity contribution in [2.24, 2.45) is 0 Å². The van der Waals surface area contributed by atoms with Crippen molar-refractivity contribution in [3.8, 4) is 0 Å². The van der Waals surface area contributed by atoms with Crippen LogP contribution >= 0.6 is 23.2 Å². The molecule has 0 radical (unpaired) electrons. The Morgan fingerprint density at radius 2 is 1.66 bits per heavy atom. The highest BCUT2D eigenvalue weighted by molar-refractivity contribution is 6.30. The third-order valence-corrected chi connectivity index (χ3v) is 6.47. The number of hydrogen-bond donors (Lipinski definition) is 6. The molecule has 11 nitrogen and oxygen atoms in total. The Morgan fingerprint density at radius 1 is 1.08 bits per heavy atom. The molecule has 1 heterocycles. The summed E-state index contributed by atoms with van der Waals surface area (Å²) in [5, 5.41) is 48.1. The molecule has 2 aromatic rings. The summed E-state index contributed by atoms with van der Waals surface area (Å²) in [7, 11) is 0. The van der Waals surface area contributed by atoms with Gasteiger partial charge in [-0.1, -0.05) is 35.3 Å². The summed E-state index contributed by atoms with van der Waals surface area (Å²) in [5.74, 6) is -5.17. The second-order valence-electron chi connectivity index (χ2n) is 8.83. The van der Waals surface area contributed by atoms with E-state index in [1.807, 2.05) is 0 Å². The maximum absolute atomic E-state index is 12.4. The van der Waals surface area contributed by atoms with Gasteiger partial charge in [0.2, 0.25) is 5.91 Å². The fraction of sp³-hybridized carbons (Fsp3) is 0.400. The number of ether oxygens (including phenoxy) is 2. The summed E-state index contributed by atoms with van der Waals surface area (Å²) in [5.41, 5.74) is 0.802. The summed E-state index contributed by atoms with van der Waals surface area (Å²) in [4.78, 5) is 36.4. The molecule has 0 aliphatic carbocycles. The highest BCUT2D eigenvalue weighted by Gasteiger charge is 2.55. The van der Waals surface area contributed by atoms with Crippen molar-refractivity contribution >= 4 is 41.0 Å². The third kappa shape index (κ3) is 7.41. The number of aliphatic hydroxyl groups excluding tert-OH is 3. The molecule has 0 saturated carbocycles. The summed E-state index contributed by atoms with van der Waals surface area (Å²) < 4.78 is 11.3. The van der Waals surface area contributed by atoms with Crippen molar-refractivity contribution in [2.75, 3.05) is 6.54 Å². The molecule has 3 rings (SSSR count). The van der Waals surface area contributed by atoms with Crippen LogP contribution in [-0.4, -0.2) is 81.0 Å². The average molecular weight is 571 g/mol. The number of rotatable bonds is 10. The van der Waals surface area contributed by atoms with Crippen molar-refractivity contribution < 1.29 is 44.3 Å². The number of carboxylic acids is 1. The lowest BCUT2D eigenvalue weighted by molar-refractivity contribution is -0.314. The zero-order valence-corrected chi connectivity index (χ0v) is 21.7. The number of hydrogen-bond acceptors (Lipinski definition) is 8. The zero-order chi connectivity index (χ0) is 28.0. The number of nitrogens with one attached hydrogen (secondary N) is 2. The molecule has 0 bridgehead atoms. The molecular formula is C25H28Cl2N2O9. The molecule has 0 unspecified atom stereocenters. The number of aliphatic hydroxyl groups is 3. The molecule has 6 atom stereocenters. The number of carbonyl (C=O) groups excluding carboxylic acids is 2. The molecule has 1 aliphatic heterocycles. The molecular weight excluding hydrogens is 543 g/mol. The topological polar surface area (TPSA) is 175 Å². The van der Waals surface area contributed by atoms with Gasteiger partial charge in [-0.05, 0) is 42.0 Å². The largest absolute Gasteiger partial charge is 0.477 e. The molecule has 13 heteroatoms. The van der Waals surface area contributed by atoms with E-state index in [0.29, 0.717) is 15.6 Å². The van der Waals surface area contributed by atoms with Gasteiger partial charge in [-0.25, -0.2) is 4.79 Å². The van der Waals surface area contributed by atoms with Crippen LogP contribution in [0.15, 0.2) is 48.5 Å². The standard InChI is InChI=1S/C25H28Cl2N2O9/c1-13(30)29-20-18(31)10-25(24(35)36,37-12-14-2-6-16(26)7-3-14)38-22(20)21(33)19(32)11-28-23(34)15-4-8-17(27)9-5-15/h2-9,18-22,31-33H,10-12H2,1H3,(H,28,34)(H,29,30)(H,35,36)/t18-,19+,20+,21-,22+,25+/m0/s1. The second-order valence-corrected chi connectivity index (χ2v) is 9.70. The van der Waals surface area contributed by atoms with E-state index in [0.717, 1.165) is 6.92 Å². The van der Waals surface area contributed by atoms with Crippen LogP contribution in [0, 0.1) is 0 Å². The number of carboxylic acid groups (broad SMARTS) is 1. The minimum absolute atomic E-state index is 0.247. The minimum atomic E-state index is -2.42. The molecule has 0 aromatic heterocycles. The Labute approximate surface area is 228 Å². The first kappa shape index (κ1) is 29.8. The maximum atomic E-state index is 12.4. The molecule has 38 heavy (non-hydrogen) atoms. The van der Waals surface area contributed by atoms with E-state index in [4.69, 9.17) is 32.7 Å². The number of halogens is 2. The van der Waals surface area contributed by atoms with Crippen LogP contribution in [0.1, 0.15) is 29.3 Å². The lowest BCUT2D eigenvalue weighted by atomic mass is 9.88. The monoisotopic (exact) mass is 570 g/mol. The third-order valence-electron chi connectivity index (χ3n) is 5.96. The lowest BCUT2D eigenvalue weighted by Gasteiger charge is -2.46. The van der Waals surface area contributed by atoms with Gasteiger partial charge in [0.1, 0.15) is 12.2 Å². The predicted octanol–water partition coefficient (Wildman–Crippen LogP) is 1.10. The number of benzene rings is 2. The van der Waals surface area contributed by atoms with Gasteiger partial charge < -0.3 is 40.5 Å². The summed E-state index contributed by atoms with van der Waals surface area (Å²) in [6.45, 7) is 0.454. The zero-order valence-electron chi connectivity index (χ0n) is 20.2. The summed E-state index contributed by atoms with van der Waals surface area (Å²) in [6.07, 6.45) is -7.30. The van der Waals surface area contributed by atoms with Crippen molar-refractivity contribution in [2.45, 2.75) is 56.2 Å². The minimum Gasteiger partial charge on any atom is -0.477 e. The van der Waals surface area contributed by atoms with Crippen LogP contribution in [-0.2, 0) is 25.7 Å². The van der Waals surface area contributed by atoms with Crippen LogP contribution in [0.25, 0.3) is 0 Å². The van der Waals surface area contributed by atoms with Gasteiger partial charge in [0.05, 0.1) is 24.9 Å². The fourth-order valence-corrected chi connectivity index (χ4v) is 4.22. The predicted molar refractivity (Wildman–Crippen MR) is 136 cm³/mol. The Bertz CT molecular complexity index is 1130. The second kappa shape index (κ2) is 12.9. The van der Waals surface area contributed by atoms with Gasteiger partial charge in [-0.15, -0.1) is 0 Å². The van der Waals surface area contributed by atoms with Crippen molar-refractivity contribution in [1.82, 2.24) is 10.6 Å². The van der Waals surface area contributed by atoms with Crippen LogP contribution in [0.2, 0.25) is 10.0 Å². The van der Waals surface area contributed by atoms with Crippen LogP contribution < -0.4 is 10.6 Å². The van der Waals surface area contributed by atoms with Crippen molar-refractivity contribution in [3.63, 3.8) is 0 Å². The van der Waals surface area contributed by atoms with Gasteiger partial charge in [-0.3, -0.25) is 9.59 Å². The summed E-state index contributed by atoms with van der Waals surface area (Å²) >= 11 is 11.7.